The maximum absolute atomic E-state index is 12.2. The van der Waals surface area contributed by atoms with Crippen molar-refractivity contribution in [3.8, 4) is 0 Å². The molecule has 20 heavy (non-hydrogen) atoms. The fourth-order valence-corrected chi connectivity index (χ4v) is 2.36. The highest BCUT2D eigenvalue weighted by atomic mass is 16.5. The Morgan fingerprint density at radius 1 is 1.65 bits per heavy atom. The molecule has 0 saturated carbocycles. The molecular weight excluding hydrogens is 256 g/mol. The highest BCUT2D eigenvalue weighted by Crippen LogP contribution is 2.16. The molecule has 0 spiro atoms. The van der Waals surface area contributed by atoms with Gasteiger partial charge >= 0.3 is 0 Å². The summed E-state index contributed by atoms with van der Waals surface area (Å²) in [7, 11) is 1.78. The number of piperidine rings is 1. The number of rotatable bonds is 6. The molecule has 1 fully saturated rings. The first-order valence-electron chi connectivity index (χ1n) is 7.31. The van der Waals surface area contributed by atoms with E-state index in [-0.39, 0.29) is 5.91 Å². The fraction of sp³-hybridized carbons (Fsp3) is 0.714. The van der Waals surface area contributed by atoms with Gasteiger partial charge < -0.3 is 15.0 Å². The van der Waals surface area contributed by atoms with Crippen molar-refractivity contribution in [2.75, 3.05) is 39.9 Å². The van der Waals surface area contributed by atoms with Crippen LogP contribution in [0.2, 0.25) is 0 Å². The van der Waals surface area contributed by atoms with Crippen molar-refractivity contribution < 1.29 is 9.53 Å². The first-order valence-corrected chi connectivity index (χ1v) is 7.31. The molecule has 0 aromatic carbocycles. The number of hydrogen-bond donors (Lipinski definition) is 1. The molecule has 6 nitrogen and oxygen atoms in total. The highest BCUT2D eigenvalue weighted by Gasteiger charge is 2.19. The summed E-state index contributed by atoms with van der Waals surface area (Å²) < 4.78 is 7.18. The molecule has 0 bridgehead atoms. The molecular formula is C14H24N4O2. The number of hydrogen-bond acceptors (Lipinski definition) is 4. The van der Waals surface area contributed by atoms with Gasteiger partial charge in [0.25, 0.3) is 5.91 Å². The summed E-state index contributed by atoms with van der Waals surface area (Å²) in [5, 5.41) is 7.78. The molecule has 1 N–H and O–H groups in total. The minimum atomic E-state index is -0.0489. The van der Waals surface area contributed by atoms with Crippen LogP contribution in [0.25, 0.3) is 0 Å². The summed E-state index contributed by atoms with van der Waals surface area (Å²) in [5.74, 6) is -0.0489. The van der Waals surface area contributed by atoms with Crippen LogP contribution >= 0.6 is 0 Å². The van der Waals surface area contributed by atoms with E-state index in [4.69, 9.17) is 4.74 Å². The average molecular weight is 280 g/mol. The Morgan fingerprint density at radius 3 is 3.20 bits per heavy atom. The molecule has 2 rings (SSSR count). The van der Waals surface area contributed by atoms with E-state index in [2.05, 4.69) is 10.4 Å². The van der Waals surface area contributed by atoms with Crippen LogP contribution in [-0.2, 0) is 4.74 Å². The highest BCUT2D eigenvalue weighted by molar-refractivity contribution is 5.91. The fourth-order valence-electron chi connectivity index (χ4n) is 2.36. The molecule has 1 aliphatic rings. The lowest BCUT2D eigenvalue weighted by molar-refractivity contribution is 0.0703. The molecule has 1 atom stereocenters. The van der Waals surface area contributed by atoms with Gasteiger partial charge in [-0.15, -0.1) is 0 Å². The van der Waals surface area contributed by atoms with Crippen LogP contribution in [-0.4, -0.2) is 60.5 Å². The quantitative estimate of drug-likeness (QED) is 0.787. The van der Waals surface area contributed by atoms with Gasteiger partial charge in [-0.3, -0.25) is 9.48 Å². The normalized spacial score (nSPS) is 19.0. The molecule has 0 aliphatic carbocycles. The van der Waals surface area contributed by atoms with Crippen LogP contribution in [0.1, 0.15) is 36.3 Å². The zero-order valence-corrected chi connectivity index (χ0v) is 12.3. The second-order valence-corrected chi connectivity index (χ2v) is 5.10. The molecule has 1 unspecified atom stereocenters. The number of carbonyl (C=O) groups excluding carboxylic acids is 1. The van der Waals surface area contributed by atoms with Crippen molar-refractivity contribution in [3.05, 3.63) is 18.0 Å². The Morgan fingerprint density at radius 2 is 2.50 bits per heavy atom. The maximum Gasteiger partial charge on any atom is 0.274 e. The van der Waals surface area contributed by atoms with Gasteiger partial charge in [0.2, 0.25) is 0 Å². The van der Waals surface area contributed by atoms with Gasteiger partial charge in [0, 0.05) is 32.9 Å². The summed E-state index contributed by atoms with van der Waals surface area (Å²) >= 11 is 0. The zero-order chi connectivity index (χ0) is 14.4. The summed E-state index contributed by atoms with van der Waals surface area (Å²) in [6, 6.07) is 2.16. The van der Waals surface area contributed by atoms with Crippen LogP contribution in [0.3, 0.4) is 0 Å². The second-order valence-electron chi connectivity index (χ2n) is 5.10. The standard InChI is InChI=1S/C14H24N4O2/c1-3-20-10-9-17(2)14(19)13-6-8-18(16-13)12-5-4-7-15-11-12/h6,8,12,15H,3-5,7,9-11H2,1-2H3. The summed E-state index contributed by atoms with van der Waals surface area (Å²) in [5.41, 5.74) is 0.509. The van der Waals surface area contributed by atoms with E-state index in [1.165, 1.54) is 0 Å². The number of likely N-dealkylation sites (N-methyl/N-ethyl adjacent to an activating group) is 1. The number of amides is 1. The van der Waals surface area contributed by atoms with Gasteiger partial charge in [-0.1, -0.05) is 0 Å². The van der Waals surface area contributed by atoms with Gasteiger partial charge in [-0.2, -0.15) is 5.10 Å². The number of aromatic nitrogens is 2. The van der Waals surface area contributed by atoms with Crippen LogP contribution < -0.4 is 5.32 Å². The van der Waals surface area contributed by atoms with Crippen LogP contribution in [0, 0.1) is 0 Å². The van der Waals surface area contributed by atoms with E-state index in [0.717, 1.165) is 25.9 Å². The topological polar surface area (TPSA) is 59.4 Å². The smallest absolute Gasteiger partial charge is 0.274 e. The molecule has 6 heteroatoms. The maximum atomic E-state index is 12.2. The van der Waals surface area contributed by atoms with Gasteiger partial charge in [0.15, 0.2) is 0 Å². The minimum absolute atomic E-state index is 0.0489. The van der Waals surface area contributed by atoms with Crippen molar-refractivity contribution >= 4 is 5.91 Å². The third-order valence-corrected chi connectivity index (χ3v) is 3.59. The molecule has 1 aliphatic heterocycles. The lowest BCUT2D eigenvalue weighted by Crippen LogP contribution is -2.33. The molecule has 1 aromatic heterocycles. The van der Waals surface area contributed by atoms with Crippen LogP contribution in [0.15, 0.2) is 12.3 Å². The lowest BCUT2D eigenvalue weighted by Gasteiger charge is -2.23. The third-order valence-electron chi connectivity index (χ3n) is 3.59. The lowest BCUT2D eigenvalue weighted by atomic mass is 10.1. The Hall–Kier alpha value is -1.40. The SMILES string of the molecule is CCOCCN(C)C(=O)c1ccn(C2CCCNC2)n1. The predicted octanol–water partition coefficient (Wildman–Crippen LogP) is 0.916. The number of nitrogens with one attached hydrogen (secondary N) is 1. The van der Waals surface area contributed by atoms with E-state index in [9.17, 15) is 4.79 Å². The molecule has 112 valence electrons. The van der Waals surface area contributed by atoms with E-state index >= 15 is 0 Å². The number of carbonyl (C=O) groups is 1. The van der Waals surface area contributed by atoms with Crippen molar-refractivity contribution in [1.82, 2.24) is 20.0 Å². The average Bonchev–Trinajstić information content (AvgIpc) is 2.97. The van der Waals surface area contributed by atoms with Crippen LogP contribution in [0.4, 0.5) is 0 Å². The molecule has 1 aromatic rings. The van der Waals surface area contributed by atoms with E-state index in [1.807, 2.05) is 17.8 Å². The molecule has 0 radical (unpaired) electrons. The Labute approximate surface area is 120 Å². The van der Waals surface area contributed by atoms with Gasteiger partial charge in [0.1, 0.15) is 5.69 Å². The number of nitrogens with zero attached hydrogens (tertiary/aromatic N) is 3. The first kappa shape index (κ1) is 15.0. The minimum Gasteiger partial charge on any atom is -0.380 e. The van der Waals surface area contributed by atoms with Crippen molar-refractivity contribution in [3.63, 3.8) is 0 Å². The second kappa shape index (κ2) is 7.40. The van der Waals surface area contributed by atoms with Crippen molar-refractivity contribution in [1.29, 1.82) is 0 Å². The molecule has 1 amide bonds. The summed E-state index contributed by atoms with van der Waals surface area (Å²) in [6.07, 6.45) is 4.17. The molecule has 2 heterocycles. The van der Waals surface area contributed by atoms with Gasteiger partial charge in [-0.25, -0.2) is 0 Å². The van der Waals surface area contributed by atoms with E-state index in [0.29, 0.717) is 31.5 Å². The predicted molar refractivity (Wildman–Crippen MR) is 76.8 cm³/mol. The van der Waals surface area contributed by atoms with E-state index < -0.39 is 0 Å². The zero-order valence-electron chi connectivity index (χ0n) is 12.3. The van der Waals surface area contributed by atoms with Crippen LogP contribution in [0.5, 0.6) is 0 Å². The van der Waals surface area contributed by atoms with Gasteiger partial charge in [-0.05, 0) is 32.4 Å². The Kier molecular flexibility index (Phi) is 5.55. The molecule has 1 saturated heterocycles. The Bertz CT molecular complexity index is 427. The Balaban J connectivity index is 1.91. The van der Waals surface area contributed by atoms with E-state index in [1.54, 1.807) is 18.0 Å². The summed E-state index contributed by atoms with van der Waals surface area (Å²) in [4.78, 5) is 13.9. The van der Waals surface area contributed by atoms with Gasteiger partial charge in [0.05, 0.1) is 12.6 Å². The monoisotopic (exact) mass is 280 g/mol. The number of ether oxygens (including phenoxy) is 1. The van der Waals surface area contributed by atoms with Crippen molar-refractivity contribution in [2.45, 2.75) is 25.8 Å². The third kappa shape index (κ3) is 3.80. The first-order chi connectivity index (χ1) is 9.72. The summed E-state index contributed by atoms with van der Waals surface area (Å²) in [6.45, 7) is 5.77. The largest absolute Gasteiger partial charge is 0.380 e. The van der Waals surface area contributed by atoms with Crippen molar-refractivity contribution in [2.24, 2.45) is 0 Å².